The number of hydrogen-bond acceptors (Lipinski definition) is 2. The molecular formula is C14H19N3O. The second kappa shape index (κ2) is 3.97. The maximum Gasteiger partial charge on any atom is 0.255 e. The van der Waals surface area contributed by atoms with Crippen LogP contribution in [0.3, 0.4) is 0 Å². The van der Waals surface area contributed by atoms with Gasteiger partial charge in [-0.1, -0.05) is 0 Å². The van der Waals surface area contributed by atoms with Crippen molar-refractivity contribution < 1.29 is 0 Å². The lowest BCUT2D eigenvalue weighted by molar-refractivity contribution is 0.566. The minimum Gasteiger partial charge on any atom is -0.290 e. The molecule has 18 heavy (non-hydrogen) atoms. The van der Waals surface area contributed by atoms with Crippen LogP contribution in [-0.4, -0.2) is 14.3 Å². The molecule has 2 heterocycles. The van der Waals surface area contributed by atoms with Crippen molar-refractivity contribution in [3.8, 4) is 0 Å². The Kier molecular flexibility index (Phi) is 2.54. The van der Waals surface area contributed by atoms with Gasteiger partial charge in [0.1, 0.15) is 5.65 Å². The van der Waals surface area contributed by atoms with Crippen molar-refractivity contribution in [2.75, 3.05) is 0 Å². The Hall–Kier alpha value is -1.58. The molecule has 0 saturated heterocycles. The number of nitrogens with zero attached hydrogens (tertiary/aromatic N) is 3. The number of fused-ring (bicyclic) bond motifs is 3. The Morgan fingerprint density at radius 2 is 1.89 bits per heavy atom. The normalized spacial score (nSPS) is 15.3. The van der Waals surface area contributed by atoms with Gasteiger partial charge in [-0.3, -0.25) is 14.0 Å². The first-order valence-corrected chi connectivity index (χ1v) is 6.69. The summed E-state index contributed by atoms with van der Waals surface area (Å²) < 4.78 is 3.72. The van der Waals surface area contributed by atoms with Gasteiger partial charge in [-0.2, -0.15) is 5.10 Å². The molecule has 1 aliphatic carbocycles. The van der Waals surface area contributed by atoms with Gasteiger partial charge in [0, 0.05) is 24.0 Å². The van der Waals surface area contributed by atoms with Crippen molar-refractivity contribution in [3.63, 3.8) is 0 Å². The fourth-order valence-corrected chi connectivity index (χ4v) is 3.09. The molecule has 0 atom stereocenters. The summed E-state index contributed by atoms with van der Waals surface area (Å²) in [5, 5.41) is 5.51. The van der Waals surface area contributed by atoms with Crippen molar-refractivity contribution in [1.82, 2.24) is 14.3 Å². The highest BCUT2D eigenvalue weighted by atomic mass is 16.1. The monoisotopic (exact) mass is 245 g/mol. The van der Waals surface area contributed by atoms with E-state index in [0.29, 0.717) is 0 Å². The molecule has 0 radical (unpaired) electrons. The van der Waals surface area contributed by atoms with Gasteiger partial charge in [0.2, 0.25) is 0 Å². The lowest BCUT2D eigenvalue weighted by Crippen LogP contribution is -2.29. The summed E-state index contributed by atoms with van der Waals surface area (Å²) in [7, 11) is 1.91. The summed E-state index contributed by atoms with van der Waals surface area (Å²) in [6.45, 7) is 4.12. The summed E-state index contributed by atoms with van der Waals surface area (Å²) in [4.78, 5) is 12.6. The zero-order valence-corrected chi connectivity index (χ0v) is 11.2. The van der Waals surface area contributed by atoms with Crippen LogP contribution in [0.1, 0.15) is 43.9 Å². The van der Waals surface area contributed by atoms with Crippen molar-refractivity contribution >= 4 is 11.0 Å². The molecule has 0 spiro atoms. The molecule has 4 nitrogen and oxygen atoms in total. The van der Waals surface area contributed by atoms with Crippen LogP contribution in [0, 0.1) is 0 Å². The van der Waals surface area contributed by atoms with E-state index in [4.69, 9.17) is 0 Å². The van der Waals surface area contributed by atoms with Crippen LogP contribution >= 0.6 is 0 Å². The van der Waals surface area contributed by atoms with Crippen molar-refractivity contribution in [2.45, 2.75) is 45.6 Å². The summed E-state index contributed by atoms with van der Waals surface area (Å²) in [5.74, 6) is 0. The first-order chi connectivity index (χ1) is 8.61. The lowest BCUT2D eigenvalue weighted by atomic mass is 9.91. The van der Waals surface area contributed by atoms with Crippen molar-refractivity contribution in [1.29, 1.82) is 0 Å². The van der Waals surface area contributed by atoms with Gasteiger partial charge < -0.3 is 0 Å². The predicted molar refractivity (Wildman–Crippen MR) is 72.0 cm³/mol. The van der Waals surface area contributed by atoms with Crippen molar-refractivity contribution in [2.24, 2.45) is 7.05 Å². The second-order valence-electron chi connectivity index (χ2n) is 5.44. The predicted octanol–water partition coefficient (Wildman–Crippen LogP) is 2.19. The number of pyridine rings is 1. The molecule has 0 aliphatic heterocycles. The Bertz CT molecular complexity index is 664. The maximum absolute atomic E-state index is 12.6. The van der Waals surface area contributed by atoms with Gasteiger partial charge >= 0.3 is 0 Å². The number of hydrogen-bond donors (Lipinski definition) is 0. The molecule has 0 amide bonds. The Balaban J connectivity index is 2.49. The number of aryl methyl sites for hydroxylation is 2. The van der Waals surface area contributed by atoms with Gasteiger partial charge in [-0.05, 0) is 45.1 Å². The van der Waals surface area contributed by atoms with E-state index in [9.17, 15) is 4.79 Å². The SMILES string of the molecule is CC(C)n1c(=O)c2c(c3cnn(C)c31)CCCC2. The largest absolute Gasteiger partial charge is 0.290 e. The van der Waals surface area contributed by atoms with Gasteiger partial charge in [-0.15, -0.1) is 0 Å². The van der Waals surface area contributed by atoms with E-state index in [-0.39, 0.29) is 11.6 Å². The zero-order chi connectivity index (χ0) is 12.9. The van der Waals surface area contributed by atoms with Gasteiger partial charge in [0.05, 0.1) is 6.20 Å². The topological polar surface area (TPSA) is 39.8 Å². The number of rotatable bonds is 1. The third kappa shape index (κ3) is 1.44. The van der Waals surface area contributed by atoms with Crippen LogP contribution in [0.2, 0.25) is 0 Å². The Morgan fingerprint density at radius 1 is 1.22 bits per heavy atom. The summed E-state index contributed by atoms with van der Waals surface area (Å²) in [6.07, 6.45) is 6.17. The van der Waals surface area contributed by atoms with Crippen LogP contribution in [0.4, 0.5) is 0 Å². The lowest BCUT2D eigenvalue weighted by Gasteiger charge is -2.21. The van der Waals surface area contributed by atoms with Crippen molar-refractivity contribution in [3.05, 3.63) is 27.7 Å². The van der Waals surface area contributed by atoms with Gasteiger partial charge in [0.15, 0.2) is 0 Å². The number of aromatic nitrogens is 3. The van der Waals surface area contributed by atoms with E-state index >= 15 is 0 Å². The molecule has 3 rings (SSSR count). The second-order valence-corrected chi connectivity index (χ2v) is 5.44. The molecular weight excluding hydrogens is 226 g/mol. The smallest absolute Gasteiger partial charge is 0.255 e. The van der Waals surface area contributed by atoms with E-state index in [2.05, 4.69) is 18.9 Å². The molecule has 0 saturated carbocycles. The van der Waals surface area contributed by atoms with E-state index in [1.54, 1.807) is 0 Å². The standard InChI is InChI=1S/C14H19N3O/c1-9(2)17-13-12(8-15-16(13)3)10-6-4-5-7-11(10)14(17)18/h8-9H,4-7H2,1-3H3. The highest BCUT2D eigenvalue weighted by molar-refractivity contribution is 5.80. The maximum atomic E-state index is 12.6. The van der Waals surface area contributed by atoms with Crippen LogP contribution in [0.15, 0.2) is 11.0 Å². The van der Waals surface area contributed by atoms with E-state index < -0.39 is 0 Å². The molecule has 0 N–H and O–H groups in total. The fourth-order valence-electron chi connectivity index (χ4n) is 3.09. The molecule has 2 aromatic heterocycles. The highest BCUT2D eigenvalue weighted by Gasteiger charge is 2.22. The molecule has 0 fully saturated rings. The first kappa shape index (κ1) is 11.5. The summed E-state index contributed by atoms with van der Waals surface area (Å²) in [6, 6.07) is 0.169. The minimum absolute atomic E-state index is 0.169. The molecule has 1 aliphatic rings. The van der Waals surface area contributed by atoms with Crippen LogP contribution in [0.25, 0.3) is 11.0 Å². The van der Waals surface area contributed by atoms with Crippen LogP contribution in [-0.2, 0) is 19.9 Å². The minimum atomic E-state index is 0.169. The molecule has 0 unspecified atom stereocenters. The average Bonchev–Trinajstić information content (AvgIpc) is 2.72. The summed E-state index contributed by atoms with van der Waals surface area (Å²) in [5.41, 5.74) is 3.42. The molecule has 2 aromatic rings. The zero-order valence-electron chi connectivity index (χ0n) is 11.2. The quantitative estimate of drug-likeness (QED) is 0.772. The van der Waals surface area contributed by atoms with E-state index in [1.807, 2.05) is 22.5 Å². The van der Waals surface area contributed by atoms with Gasteiger partial charge in [-0.25, -0.2) is 0 Å². The molecule has 0 bridgehead atoms. The third-order valence-corrected chi connectivity index (χ3v) is 3.92. The summed E-state index contributed by atoms with van der Waals surface area (Å²) >= 11 is 0. The van der Waals surface area contributed by atoms with E-state index in [1.165, 1.54) is 17.4 Å². The molecule has 0 aromatic carbocycles. The van der Waals surface area contributed by atoms with Crippen LogP contribution in [0.5, 0.6) is 0 Å². The molecule has 4 heteroatoms. The van der Waals surface area contributed by atoms with Gasteiger partial charge in [0.25, 0.3) is 5.56 Å². The highest BCUT2D eigenvalue weighted by Crippen LogP contribution is 2.27. The van der Waals surface area contributed by atoms with E-state index in [0.717, 1.165) is 30.5 Å². The fraction of sp³-hybridized carbons (Fsp3) is 0.571. The van der Waals surface area contributed by atoms with Crippen LogP contribution < -0.4 is 5.56 Å². The Labute approximate surface area is 106 Å². The molecule has 96 valence electrons. The first-order valence-electron chi connectivity index (χ1n) is 6.69. The third-order valence-electron chi connectivity index (χ3n) is 3.92. The average molecular weight is 245 g/mol. The Morgan fingerprint density at radius 3 is 2.56 bits per heavy atom.